The molecular formula is C30H28O10S5. The summed E-state index contributed by atoms with van der Waals surface area (Å²) in [5.41, 5.74) is 0. The minimum absolute atomic E-state index is 0.0306. The summed E-state index contributed by atoms with van der Waals surface area (Å²) in [6, 6.07) is 0. The molecule has 7 aliphatic heterocycles. The van der Waals surface area contributed by atoms with Gasteiger partial charge in [0.25, 0.3) is 0 Å². The van der Waals surface area contributed by atoms with Crippen molar-refractivity contribution in [1.82, 2.24) is 0 Å². The Morgan fingerprint density at radius 3 is 1.33 bits per heavy atom. The molecule has 0 saturated carbocycles. The zero-order valence-corrected chi connectivity index (χ0v) is 27.9. The minimum Gasteiger partial charge on any atom is -0.490 e. The molecule has 45 heavy (non-hydrogen) atoms. The molecule has 0 N–H and O–H groups in total. The SMILES string of the molecule is c1sc(C2SC(c3scc4c3OCCO4)C3=C2OCCO3)c2c1OCCO2.c1sc(C2SCC3=C2OCCO3)c2c1OCCO2. The fourth-order valence-electron chi connectivity index (χ4n) is 5.90. The summed E-state index contributed by atoms with van der Waals surface area (Å²) >= 11 is 8.62. The van der Waals surface area contributed by atoms with Crippen LogP contribution in [0, 0.1) is 0 Å². The van der Waals surface area contributed by atoms with Gasteiger partial charge >= 0.3 is 0 Å². The van der Waals surface area contributed by atoms with Crippen LogP contribution in [-0.4, -0.2) is 71.8 Å². The summed E-state index contributed by atoms with van der Waals surface area (Å²) in [6.07, 6.45) is 0. The second kappa shape index (κ2) is 12.1. The van der Waals surface area contributed by atoms with E-state index >= 15 is 0 Å². The standard InChI is InChI=1S/C18H16O6S3.C12H12O4S2/c1-3-21-11-9(19-1)7-25-15(11)17-13-14(24-6-5-23-13)18(27-17)16-12-10(8-26-16)20-2-4-22-12;1-3-15-9-7(13-1)5-17-11(9)12-10-8(6-18-12)14-2-4-16-10/h7-8,17-18H,1-6H2;5,12H,1-4,6H2. The Bertz CT molecular complexity index is 1580. The Morgan fingerprint density at radius 2 is 0.822 bits per heavy atom. The zero-order chi connectivity index (χ0) is 29.7. The Kier molecular flexibility index (Phi) is 7.69. The first-order valence-corrected chi connectivity index (χ1v) is 19.3. The van der Waals surface area contributed by atoms with E-state index in [1.807, 2.05) is 27.9 Å². The summed E-state index contributed by atoms with van der Waals surface area (Å²) in [5, 5.41) is 6.32. The van der Waals surface area contributed by atoms with E-state index in [1.165, 1.54) is 4.88 Å². The third-order valence-corrected chi connectivity index (χ3v) is 13.9. The van der Waals surface area contributed by atoms with Crippen molar-refractivity contribution < 1.29 is 47.4 Å². The lowest BCUT2D eigenvalue weighted by molar-refractivity contribution is 0.0590. The van der Waals surface area contributed by atoms with Crippen LogP contribution in [0.5, 0.6) is 34.5 Å². The third kappa shape index (κ3) is 5.05. The number of hydrogen-bond acceptors (Lipinski definition) is 15. The van der Waals surface area contributed by atoms with Gasteiger partial charge in [-0.2, -0.15) is 0 Å². The van der Waals surface area contributed by atoms with Crippen LogP contribution in [0.25, 0.3) is 0 Å². The molecule has 7 aliphatic rings. The second-order valence-corrected chi connectivity index (χ2v) is 15.5. The number of thioether (sulfide) groups is 2. The molecule has 0 aliphatic carbocycles. The maximum Gasteiger partial charge on any atom is 0.176 e. The highest BCUT2D eigenvalue weighted by Gasteiger charge is 2.46. The van der Waals surface area contributed by atoms with Crippen LogP contribution in [0.2, 0.25) is 0 Å². The lowest BCUT2D eigenvalue weighted by Crippen LogP contribution is -2.17. The van der Waals surface area contributed by atoms with Crippen LogP contribution in [0.3, 0.4) is 0 Å². The Hall–Kier alpha value is -2.72. The van der Waals surface area contributed by atoms with Crippen molar-refractivity contribution in [3.05, 3.63) is 53.8 Å². The van der Waals surface area contributed by atoms with Crippen molar-refractivity contribution in [2.24, 2.45) is 0 Å². The smallest absolute Gasteiger partial charge is 0.176 e. The molecule has 0 aromatic carbocycles. The fraction of sp³-hybridized carbons (Fsp3) is 0.467. The molecule has 0 radical (unpaired) electrons. The molecule has 3 atom stereocenters. The largest absolute Gasteiger partial charge is 0.490 e. The zero-order valence-electron chi connectivity index (χ0n) is 23.9. The van der Waals surface area contributed by atoms with Crippen LogP contribution in [0.15, 0.2) is 39.2 Å². The summed E-state index contributed by atoms with van der Waals surface area (Å²) < 4.78 is 58.2. The van der Waals surface area contributed by atoms with Gasteiger partial charge in [-0.25, -0.2) is 0 Å². The Labute approximate surface area is 279 Å². The first-order chi connectivity index (χ1) is 22.3. The van der Waals surface area contributed by atoms with E-state index in [2.05, 4.69) is 0 Å². The van der Waals surface area contributed by atoms with Gasteiger partial charge in [0.1, 0.15) is 87.6 Å². The van der Waals surface area contributed by atoms with Gasteiger partial charge in [-0.05, 0) is 0 Å². The number of thiophene rings is 3. The maximum atomic E-state index is 6.08. The molecule has 0 amide bonds. The van der Waals surface area contributed by atoms with Gasteiger partial charge in [0.15, 0.2) is 51.8 Å². The molecule has 0 spiro atoms. The van der Waals surface area contributed by atoms with E-state index in [-0.39, 0.29) is 15.7 Å². The number of rotatable bonds is 3. The van der Waals surface area contributed by atoms with Crippen molar-refractivity contribution >= 4 is 57.5 Å². The first-order valence-electron chi connectivity index (χ1n) is 14.7. The minimum atomic E-state index is 0.0306. The monoisotopic (exact) mass is 708 g/mol. The molecule has 10 rings (SSSR count). The average molecular weight is 709 g/mol. The van der Waals surface area contributed by atoms with Crippen molar-refractivity contribution in [3.8, 4) is 34.5 Å². The summed E-state index contributed by atoms with van der Waals surface area (Å²) in [7, 11) is 0. The van der Waals surface area contributed by atoms with Gasteiger partial charge in [0.05, 0.1) is 20.4 Å². The van der Waals surface area contributed by atoms with E-state index in [9.17, 15) is 0 Å². The quantitative estimate of drug-likeness (QED) is 0.290. The van der Waals surface area contributed by atoms with Crippen LogP contribution in [-0.2, 0) is 18.9 Å². The highest BCUT2D eigenvalue weighted by atomic mass is 32.2. The summed E-state index contributed by atoms with van der Waals surface area (Å²) in [4.78, 5) is 3.43. The molecule has 10 heterocycles. The van der Waals surface area contributed by atoms with E-state index < -0.39 is 0 Å². The topological polar surface area (TPSA) is 92.3 Å². The number of fused-ring (bicyclic) bond motifs is 3. The second-order valence-electron chi connectivity index (χ2n) is 10.5. The van der Waals surface area contributed by atoms with E-state index in [4.69, 9.17) is 47.4 Å². The fourth-order valence-corrected chi connectivity index (χ4v) is 12.2. The molecule has 15 heteroatoms. The van der Waals surface area contributed by atoms with Crippen molar-refractivity contribution in [2.45, 2.75) is 15.7 Å². The molecule has 10 nitrogen and oxygen atoms in total. The maximum absolute atomic E-state index is 6.08. The molecule has 0 fully saturated rings. The predicted molar refractivity (Wildman–Crippen MR) is 172 cm³/mol. The third-order valence-electron chi connectivity index (χ3n) is 7.80. The Balaban J connectivity index is 0.000000135. The van der Waals surface area contributed by atoms with Crippen LogP contribution < -0.4 is 28.4 Å². The normalized spacial score (nSPS) is 25.6. The van der Waals surface area contributed by atoms with Gasteiger partial charge in [0.2, 0.25) is 0 Å². The summed E-state index contributed by atoms with van der Waals surface area (Å²) in [5.74, 6) is 9.76. The van der Waals surface area contributed by atoms with Crippen LogP contribution in [0.1, 0.15) is 30.4 Å². The van der Waals surface area contributed by atoms with Gasteiger partial charge in [-0.3, -0.25) is 0 Å². The summed E-state index contributed by atoms with van der Waals surface area (Å²) in [6.45, 7) is 6.02. The van der Waals surface area contributed by atoms with Gasteiger partial charge in [-0.15, -0.1) is 57.5 Å². The van der Waals surface area contributed by atoms with Gasteiger partial charge < -0.3 is 47.4 Å². The van der Waals surface area contributed by atoms with Crippen LogP contribution >= 0.6 is 57.5 Å². The predicted octanol–water partition coefficient (Wildman–Crippen LogP) is 6.71. The molecule has 3 aromatic rings. The molecule has 0 bridgehead atoms. The first kappa shape index (κ1) is 28.5. The Morgan fingerprint density at radius 1 is 0.422 bits per heavy atom. The van der Waals surface area contributed by atoms with Crippen molar-refractivity contribution in [2.75, 3.05) is 71.8 Å². The number of hydrogen-bond donors (Lipinski definition) is 0. The van der Waals surface area contributed by atoms with Gasteiger partial charge in [0, 0.05) is 16.1 Å². The van der Waals surface area contributed by atoms with E-state index in [1.54, 1.807) is 45.8 Å². The highest BCUT2D eigenvalue weighted by molar-refractivity contribution is 8.00. The van der Waals surface area contributed by atoms with Crippen molar-refractivity contribution in [3.63, 3.8) is 0 Å². The lowest BCUT2D eigenvalue weighted by atomic mass is 10.2. The number of ether oxygens (including phenoxy) is 10. The molecule has 238 valence electrons. The van der Waals surface area contributed by atoms with Crippen molar-refractivity contribution in [1.29, 1.82) is 0 Å². The average Bonchev–Trinajstić information content (AvgIpc) is 3.93. The highest BCUT2D eigenvalue weighted by Crippen LogP contribution is 2.64. The van der Waals surface area contributed by atoms with Crippen LogP contribution in [0.4, 0.5) is 0 Å². The molecule has 3 aromatic heterocycles. The molecular weight excluding hydrogens is 681 g/mol. The van der Waals surface area contributed by atoms with Gasteiger partial charge in [-0.1, -0.05) is 0 Å². The lowest BCUT2D eigenvalue weighted by Gasteiger charge is -2.22. The van der Waals surface area contributed by atoms with E-state index in [0.29, 0.717) is 66.1 Å². The molecule has 3 unspecified atom stereocenters. The van der Waals surface area contributed by atoms with E-state index in [0.717, 1.165) is 73.0 Å². The molecule has 0 saturated heterocycles.